The third-order valence-corrected chi connectivity index (χ3v) is 2.48. The molecule has 1 saturated heterocycles. The van der Waals surface area contributed by atoms with Crippen molar-refractivity contribution in [3.05, 3.63) is 29.3 Å². The van der Waals surface area contributed by atoms with Gasteiger partial charge in [-0.1, -0.05) is 0 Å². The van der Waals surface area contributed by atoms with E-state index in [0.29, 0.717) is 19.3 Å². The van der Waals surface area contributed by atoms with Crippen molar-refractivity contribution in [2.45, 2.75) is 12.3 Å². The van der Waals surface area contributed by atoms with Crippen LogP contribution in [0.5, 0.6) is 0 Å². The minimum Gasteiger partial charge on any atom is -0.454 e. The maximum absolute atomic E-state index is 12.4. The van der Waals surface area contributed by atoms with Gasteiger partial charge >= 0.3 is 12.1 Å². The SMILES string of the molecule is Nc1cc(C(F)(F)F)ccc1C(=O)OC1COC1. The maximum Gasteiger partial charge on any atom is 0.416 e. The summed E-state index contributed by atoms with van der Waals surface area (Å²) in [6, 6.07) is 2.53. The fraction of sp³-hybridized carbons (Fsp3) is 0.364. The Morgan fingerprint density at radius 1 is 1.39 bits per heavy atom. The highest BCUT2D eigenvalue weighted by Crippen LogP contribution is 2.31. The molecule has 0 unspecified atom stereocenters. The lowest BCUT2D eigenvalue weighted by Crippen LogP contribution is -2.37. The molecule has 0 radical (unpaired) electrons. The Bertz CT molecular complexity index is 469. The van der Waals surface area contributed by atoms with Crippen molar-refractivity contribution < 1.29 is 27.4 Å². The number of alkyl halides is 3. The highest BCUT2D eigenvalue weighted by atomic mass is 19.4. The summed E-state index contributed by atoms with van der Waals surface area (Å²) in [5, 5.41) is 0. The summed E-state index contributed by atoms with van der Waals surface area (Å²) in [7, 11) is 0. The van der Waals surface area contributed by atoms with Crippen LogP contribution in [-0.4, -0.2) is 25.3 Å². The van der Waals surface area contributed by atoms with Gasteiger partial charge in [-0.25, -0.2) is 4.79 Å². The van der Waals surface area contributed by atoms with E-state index >= 15 is 0 Å². The molecular weight excluding hydrogens is 251 g/mol. The molecular formula is C11H10F3NO3. The van der Waals surface area contributed by atoms with Crippen LogP contribution in [0, 0.1) is 0 Å². The zero-order chi connectivity index (χ0) is 13.3. The van der Waals surface area contributed by atoms with Gasteiger partial charge in [0.1, 0.15) is 6.10 Å². The fourth-order valence-electron chi connectivity index (χ4n) is 1.42. The lowest BCUT2D eigenvalue weighted by atomic mass is 10.1. The smallest absolute Gasteiger partial charge is 0.416 e. The Hall–Kier alpha value is -1.76. The molecule has 2 N–H and O–H groups in total. The average Bonchev–Trinajstić information content (AvgIpc) is 2.21. The lowest BCUT2D eigenvalue weighted by Gasteiger charge is -2.25. The van der Waals surface area contributed by atoms with Gasteiger partial charge in [-0.3, -0.25) is 0 Å². The summed E-state index contributed by atoms with van der Waals surface area (Å²) >= 11 is 0. The van der Waals surface area contributed by atoms with Crippen molar-refractivity contribution in [1.82, 2.24) is 0 Å². The summed E-state index contributed by atoms with van der Waals surface area (Å²) < 4.78 is 46.9. The number of esters is 1. The molecule has 0 spiro atoms. The first kappa shape index (κ1) is 12.7. The summed E-state index contributed by atoms with van der Waals surface area (Å²) in [6.07, 6.45) is -4.84. The molecule has 1 aliphatic rings. The molecule has 0 amide bonds. The minimum absolute atomic E-state index is 0.0742. The van der Waals surface area contributed by atoms with Gasteiger partial charge in [-0.05, 0) is 18.2 Å². The van der Waals surface area contributed by atoms with Crippen molar-refractivity contribution >= 4 is 11.7 Å². The van der Waals surface area contributed by atoms with Crippen LogP contribution in [0.3, 0.4) is 0 Å². The Kier molecular flexibility index (Phi) is 3.16. The van der Waals surface area contributed by atoms with Gasteiger partial charge < -0.3 is 15.2 Å². The van der Waals surface area contributed by atoms with E-state index in [2.05, 4.69) is 0 Å². The largest absolute Gasteiger partial charge is 0.454 e. The van der Waals surface area contributed by atoms with E-state index in [0.717, 1.165) is 12.1 Å². The second kappa shape index (κ2) is 4.49. The van der Waals surface area contributed by atoms with Gasteiger partial charge in [0, 0.05) is 5.69 Å². The average molecular weight is 261 g/mol. The Morgan fingerprint density at radius 3 is 2.50 bits per heavy atom. The van der Waals surface area contributed by atoms with Crippen LogP contribution in [0.25, 0.3) is 0 Å². The van der Waals surface area contributed by atoms with Crippen molar-refractivity contribution in [1.29, 1.82) is 0 Å². The second-order valence-electron chi connectivity index (χ2n) is 3.86. The number of nitrogen functional groups attached to an aromatic ring is 1. The topological polar surface area (TPSA) is 61.6 Å². The molecule has 1 aliphatic heterocycles. The zero-order valence-corrected chi connectivity index (χ0v) is 9.16. The molecule has 1 heterocycles. The zero-order valence-electron chi connectivity index (χ0n) is 9.16. The fourth-order valence-corrected chi connectivity index (χ4v) is 1.42. The van der Waals surface area contributed by atoms with E-state index < -0.39 is 17.7 Å². The van der Waals surface area contributed by atoms with Crippen LogP contribution in [0.15, 0.2) is 18.2 Å². The van der Waals surface area contributed by atoms with E-state index in [1.54, 1.807) is 0 Å². The first-order chi connectivity index (χ1) is 8.38. The number of hydrogen-bond donors (Lipinski definition) is 1. The maximum atomic E-state index is 12.4. The second-order valence-corrected chi connectivity index (χ2v) is 3.86. The molecule has 98 valence electrons. The first-order valence-corrected chi connectivity index (χ1v) is 5.13. The Balaban J connectivity index is 2.16. The number of nitrogens with two attached hydrogens (primary N) is 1. The molecule has 1 fully saturated rings. The molecule has 1 aromatic rings. The molecule has 0 bridgehead atoms. The van der Waals surface area contributed by atoms with Crippen LogP contribution in [0.2, 0.25) is 0 Å². The highest BCUT2D eigenvalue weighted by Gasteiger charge is 2.32. The van der Waals surface area contributed by atoms with E-state index in [1.165, 1.54) is 0 Å². The molecule has 1 aromatic carbocycles. The third kappa shape index (κ3) is 2.56. The highest BCUT2D eigenvalue weighted by molar-refractivity contribution is 5.95. The van der Waals surface area contributed by atoms with Crippen LogP contribution >= 0.6 is 0 Å². The Morgan fingerprint density at radius 2 is 2.06 bits per heavy atom. The van der Waals surface area contributed by atoms with Crippen LogP contribution in [-0.2, 0) is 15.7 Å². The van der Waals surface area contributed by atoms with E-state index in [9.17, 15) is 18.0 Å². The normalized spacial score (nSPS) is 16.2. The van der Waals surface area contributed by atoms with E-state index in [1.807, 2.05) is 0 Å². The van der Waals surface area contributed by atoms with Gasteiger partial charge in [0.15, 0.2) is 0 Å². The van der Waals surface area contributed by atoms with Crippen LogP contribution in [0.1, 0.15) is 15.9 Å². The molecule has 0 saturated carbocycles. The molecule has 0 atom stereocenters. The Labute approximate surface area is 100 Å². The molecule has 0 aliphatic carbocycles. The predicted molar refractivity (Wildman–Crippen MR) is 55.9 cm³/mol. The molecule has 18 heavy (non-hydrogen) atoms. The standard InChI is InChI=1S/C11H10F3NO3/c12-11(13,14)6-1-2-8(9(15)3-6)10(16)18-7-4-17-5-7/h1-3,7H,4-5,15H2. The predicted octanol–water partition coefficient (Wildman–Crippen LogP) is 1.84. The number of halogens is 3. The number of hydrogen-bond acceptors (Lipinski definition) is 4. The number of benzene rings is 1. The summed E-state index contributed by atoms with van der Waals surface area (Å²) in [4.78, 5) is 11.6. The van der Waals surface area contributed by atoms with Gasteiger partial charge in [0.2, 0.25) is 0 Å². The number of carbonyl (C=O) groups is 1. The number of anilines is 1. The van der Waals surface area contributed by atoms with Gasteiger partial charge in [-0.2, -0.15) is 13.2 Å². The van der Waals surface area contributed by atoms with Gasteiger partial charge in [0.05, 0.1) is 24.3 Å². The monoisotopic (exact) mass is 261 g/mol. The third-order valence-electron chi connectivity index (χ3n) is 2.48. The summed E-state index contributed by atoms with van der Waals surface area (Å²) in [5.74, 6) is -0.741. The van der Waals surface area contributed by atoms with Crippen molar-refractivity contribution in [2.75, 3.05) is 18.9 Å². The number of ether oxygens (including phenoxy) is 2. The minimum atomic E-state index is -4.49. The van der Waals surface area contributed by atoms with E-state index in [4.69, 9.17) is 15.2 Å². The van der Waals surface area contributed by atoms with Crippen molar-refractivity contribution in [3.8, 4) is 0 Å². The number of rotatable bonds is 2. The molecule has 0 aromatic heterocycles. The molecule has 4 nitrogen and oxygen atoms in total. The molecule has 2 rings (SSSR count). The number of carbonyl (C=O) groups excluding carboxylic acids is 1. The van der Waals surface area contributed by atoms with Gasteiger partial charge in [0.25, 0.3) is 0 Å². The summed E-state index contributed by atoms with van der Waals surface area (Å²) in [6.45, 7) is 0.596. The van der Waals surface area contributed by atoms with Crippen LogP contribution < -0.4 is 5.73 Å². The van der Waals surface area contributed by atoms with E-state index in [-0.39, 0.29) is 17.4 Å². The van der Waals surface area contributed by atoms with Crippen LogP contribution in [0.4, 0.5) is 18.9 Å². The quantitative estimate of drug-likeness (QED) is 0.651. The first-order valence-electron chi connectivity index (χ1n) is 5.13. The lowest BCUT2D eigenvalue weighted by molar-refractivity contribution is -0.137. The van der Waals surface area contributed by atoms with Crippen molar-refractivity contribution in [2.24, 2.45) is 0 Å². The van der Waals surface area contributed by atoms with Gasteiger partial charge in [-0.15, -0.1) is 0 Å². The molecule has 7 heteroatoms. The van der Waals surface area contributed by atoms with Crippen molar-refractivity contribution in [3.63, 3.8) is 0 Å². The summed E-state index contributed by atoms with van der Waals surface area (Å²) in [5.41, 5.74) is 4.19.